The minimum Gasteiger partial charge on any atom is -0.381 e. The molecule has 0 radical (unpaired) electrons. The summed E-state index contributed by atoms with van der Waals surface area (Å²) >= 11 is 0. The largest absolute Gasteiger partial charge is 1.00 e. The van der Waals surface area contributed by atoms with Crippen LogP contribution in [0.1, 0.15) is 124 Å². The van der Waals surface area contributed by atoms with Gasteiger partial charge < -0.3 is 12.2 Å². The monoisotopic (exact) mass is 1020 g/mol. The van der Waals surface area contributed by atoms with Gasteiger partial charge >= 0.3 is 17.1 Å². The van der Waals surface area contributed by atoms with E-state index in [-0.39, 0.29) is 48.3 Å². The Labute approximate surface area is 409 Å². The molecular weight excluding hydrogens is 926 g/mol. The quantitative estimate of drug-likeness (QED) is 0.0617. The molecule has 356 valence electrons. The summed E-state index contributed by atoms with van der Waals surface area (Å²) in [5, 5.41) is 13.3. The molecule has 0 bridgehead atoms. The van der Waals surface area contributed by atoms with Gasteiger partial charge in [0.05, 0.1) is 37.2 Å². The van der Waals surface area contributed by atoms with Gasteiger partial charge in [0.25, 0.3) is 0 Å². The topological polar surface area (TPSA) is 9.23 Å². The fraction of sp³-hybridized carbons (Fsp3) is 0.545. The van der Waals surface area contributed by atoms with Gasteiger partial charge in [-0.25, -0.2) is 0 Å². The third-order valence-corrected chi connectivity index (χ3v) is 30.9. The molecule has 0 aromatic heterocycles. The summed E-state index contributed by atoms with van der Waals surface area (Å²) in [4.78, 5) is 0. The van der Waals surface area contributed by atoms with Crippen molar-refractivity contribution in [3.05, 3.63) is 104 Å². The summed E-state index contributed by atoms with van der Waals surface area (Å²) in [6.45, 7) is 45.7. The molecule has 1 nitrogen and oxygen atoms in total. The third-order valence-electron chi connectivity index (χ3n) is 11.9. The van der Waals surface area contributed by atoms with E-state index in [4.69, 9.17) is 4.74 Å². The maximum Gasteiger partial charge on any atom is 1.00 e. The molecule has 1 saturated heterocycles. The van der Waals surface area contributed by atoms with Crippen molar-refractivity contribution in [1.82, 2.24) is 0 Å². The summed E-state index contributed by atoms with van der Waals surface area (Å²) in [6.07, 6.45) is 2.56. The Bertz CT molecular complexity index is 1560. The van der Waals surface area contributed by atoms with Crippen LogP contribution < -0.4 is 42.4 Å². The molecule has 4 aromatic rings. The van der Waals surface area contributed by atoms with E-state index in [2.05, 4.69) is 221 Å². The summed E-state index contributed by atoms with van der Waals surface area (Å²) in [6, 6.07) is 37.6. The average Bonchev–Trinajstić information content (AvgIpc) is 3.78. The van der Waals surface area contributed by atoms with E-state index in [0.717, 1.165) is 58.5 Å². The Hall–Kier alpha value is -0.0605. The Kier molecular flexibility index (Phi) is 29.4. The number of ether oxygens (including phenoxy) is 1. The molecule has 0 unspecified atom stereocenters. The molecule has 8 heteroatoms. The molecule has 0 spiro atoms. The molecule has 0 saturated carbocycles. The van der Waals surface area contributed by atoms with E-state index in [1.54, 1.807) is 42.4 Å². The molecule has 5 rings (SSSR count). The summed E-state index contributed by atoms with van der Waals surface area (Å²) in [7, 11) is -2.55. The average molecular weight is 1020 g/mol. The second-order valence-corrected chi connectivity index (χ2v) is 37.9. The molecule has 0 aliphatic carbocycles. The van der Waals surface area contributed by atoms with Crippen LogP contribution >= 0.6 is 47.5 Å². The van der Waals surface area contributed by atoms with Crippen LogP contribution in [0.3, 0.4) is 0 Å². The zero-order valence-corrected chi connectivity index (χ0v) is 49.9. The minimum atomic E-state index is -0.775. The maximum atomic E-state index is 4.94. The van der Waals surface area contributed by atoms with Crippen molar-refractivity contribution in [2.45, 2.75) is 169 Å². The first-order valence-electron chi connectivity index (χ1n) is 23.7. The van der Waals surface area contributed by atoms with Gasteiger partial charge in [0.1, 0.15) is 21.2 Å². The van der Waals surface area contributed by atoms with Crippen LogP contribution in [0.15, 0.2) is 97.1 Å². The van der Waals surface area contributed by atoms with Crippen molar-refractivity contribution in [3.8, 4) is 0 Å². The van der Waals surface area contributed by atoms with Gasteiger partial charge in [0.2, 0.25) is 0 Å². The Morgan fingerprint density at radius 1 is 0.413 bits per heavy atom. The van der Waals surface area contributed by atoms with Gasteiger partial charge in [-0.2, -0.15) is 0 Å². The fourth-order valence-corrected chi connectivity index (χ4v) is 29.3. The Morgan fingerprint density at radius 2 is 0.667 bits per heavy atom. The Balaban J connectivity index is 0.000000549. The molecule has 4 aromatic carbocycles. The second kappa shape index (κ2) is 30.4. The molecular formula is C55H92CuOP6+3. The number of rotatable bonds is 16. The van der Waals surface area contributed by atoms with Gasteiger partial charge in [0.15, 0.2) is 0 Å². The predicted octanol–water partition coefficient (Wildman–Crippen LogP) is 13.6. The van der Waals surface area contributed by atoms with Gasteiger partial charge in [-0.15, -0.1) is 0 Å². The minimum absolute atomic E-state index is 0. The van der Waals surface area contributed by atoms with Gasteiger partial charge in [-0.05, 0) is 151 Å². The molecule has 63 heavy (non-hydrogen) atoms. The first-order chi connectivity index (χ1) is 28.8. The second-order valence-electron chi connectivity index (χ2n) is 19.3. The molecule has 0 N–H and O–H groups in total. The van der Waals surface area contributed by atoms with Crippen molar-refractivity contribution >= 4 is 90.0 Å². The zero-order chi connectivity index (χ0) is 45.6. The zero-order valence-electron chi connectivity index (χ0n) is 43.2. The van der Waals surface area contributed by atoms with E-state index >= 15 is 0 Å². The molecule has 1 aliphatic rings. The van der Waals surface area contributed by atoms with Gasteiger partial charge in [-0.3, -0.25) is 0 Å². The van der Waals surface area contributed by atoms with E-state index in [0.29, 0.717) is 0 Å². The van der Waals surface area contributed by atoms with Crippen molar-refractivity contribution in [2.24, 2.45) is 0 Å². The van der Waals surface area contributed by atoms with Crippen LogP contribution in [0.2, 0.25) is 0 Å². The molecule has 1 aliphatic heterocycles. The van der Waals surface area contributed by atoms with Crippen LogP contribution in [-0.4, -0.2) is 71.8 Å². The number of hydrogen-bond donors (Lipinski definition) is 0. The maximum absolute atomic E-state index is 4.94. The van der Waals surface area contributed by atoms with Crippen LogP contribution in [0.4, 0.5) is 0 Å². The first kappa shape index (κ1) is 61.0. The first-order valence-corrected chi connectivity index (χ1v) is 33.7. The fourth-order valence-electron chi connectivity index (χ4n) is 9.72. The van der Waals surface area contributed by atoms with Crippen LogP contribution in [0, 0.1) is 7.43 Å². The van der Waals surface area contributed by atoms with Gasteiger partial charge in [-0.1, -0.05) is 144 Å². The summed E-state index contributed by atoms with van der Waals surface area (Å²) in [5.74, 6) is 0. The molecule has 1 fully saturated rings. The molecule has 0 atom stereocenters. The predicted molar refractivity (Wildman–Crippen MR) is 308 cm³/mol. The van der Waals surface area contributed by atoms with Crippen molar-refractivity contribution < 1.29 is 21.8 Å². The van der Waals surface area contributed by atoms with Gasteiger partial charge in [0, 0.05) is 29.1 Å². The summed E-state index contributed by atoms with van der Waals surface area (Å²) < 4.78 is 4.94. The third kappa shape index (κ3) is 17.4. The van der Waals surface area contributed by atoms with Crippen molar-refractivity contribution in [1.29, 1.82) is 0 Å². The van der Waals surface area contributed by atoms with E-state index < -0.39 is 23.8 Å². The number of benzene rings is 4. The van der Waals surface area contributed by atoms with Crippen LogP contribution in [-0.2, 0) is 21.8 Å². The van der Waals surface area contributed by atoms with Crippen LogP contribution in [0.5, 0.6) is 0 Å². The van der Waals surface area contributed by atoms with E-state index in [1.807, 2.05) is 0 Å². The summed E-state index contributed by atoms with van der Waals surface area (Å²) in [5.41, 5.74) is 5.95. The van der Waals surface area contributed by atoms with Crippen LogP contribution in [0.25, 0.3) is 0 Å². The normalized spacial score (nSPS) is 13.1. The smallest absolute Gasteiger partial charge is 0.381 e. The van der Waals surface area contributed by atoms with E-state index in [1.165, 1.54) is 12.8 Å². The Morgan fingerprint density at radius 3 is 0.905 bits per heavy atom. The van der Waals surface area contributed by atoms with Crippen molar-refractivity contribution in [3.63, 3.8) is 0 Å². The number of hydrogen-bond acceptors (Lipinski definition) is 1. The SMILES string of the molecule is C1CCOC1.CC(C)P(c1ccccc1P(C)c1ccccc1P(C(C)C)C(C)C)C(C)C.CC(C)[PH+](c1ccccc1[PH+](C)c1ccccc1[PH+](C(C)C)C(C)C)C(C)C.[CH3-].[Cu+]. The molecule has 0 amide bonds. The van der Waals surface area contributed by atoms with E-state index in [9.17, 15) is 0 Å². The standard InChI is InChI=1S/2C25H39P3.C4H8O.CH3.Cu/c2*1-18(2)27(19(3)4)24-16-12-10-14-22(24)26(9)23-15-11-13-17-25(23)28(20(5)6)21(7)8;1-2-4-5-3-1;;/h2*10-21H,1-9H3;1-4H2;1H3;/q;;;-1;+1/p+3. The van der Waals surface area contributed by atoms with Crippen molar-refractivity contribution in [2.75, 3.05) is 26.5 Å². The molecule has 1 heterocycles.